The highest BCUT2D eigenvalue weighted by Gasteiger charge is 2.00. The van der Waals surface area contributed by atoms with Crippen molar-refractivity contribution in [3.05, 3.63) is 0 Å². The monoisotopic (exact) mass is 242 g/mol. The molecule has 1 aromatic heterocycles. The lowest BCUT2D eigenvalue weighted by Gasteiger charge is -1.93. The van der Waals surface area contributed by atoms with E-state index in [0.717, 1.165) is 0 Å². The number of nitrogens with two attached hydrogens (primary N) is 3. The van der Waals surface area contributed by atoms with Crippen molar-refractivity contribution in [2.75, 3.05) is 17.2 Å². The van der Waals surface area contributed by atoms with Gasteiger partial charge in [0.15, 0.2) is 0 Å². The third-order valence-corrected chi connectivity index (χ3v) is 0.687. The summed E-state index contributed by atoms with van der Waals surface area (Å²) < 4.78 is 8.88. The SMILES string of the molecule is Nc1nc(N)nc(N)n1.O.O=P(O)(O)O. The summed E-state index contributed by atoms with van der Waals surface area (Å²) in [5.74, 6) is 0.125. The molecule has 0 saturated carbocycles. The fourth-order valence-electron chi connectivity index (χ4n) is 0.427. The molecule has 88 valence electrons. The summed E-state index contributed by atoms with van der Waals surface area (Å²) in [6.45, 7) is 0. The second kappa shape index (κ2) is 6.06. The minimum Gasteiger partial charge on any atom is -0.412 e. The molecule has 12 heteroatoms. The topological polar surface area (TPSA) is 226 Å². The molecule has 15 heavy (non-hydrogen) atoms. The van der Waals surface area contributed by atoms with Gasteiger partial charge in [-0.1, -0.05) is 0 Å². The molecule has 0 radical (unpaired) electrons. The van der Waals surface area contributed by atoms with Gasteiger partial charge in [0.05, 0.1) is 0 Å². The normalized spacial score (nSPS) is 9.53. The van der Waals surface area contributed by atoms with Crippen LogP contribution >= 0.6 is 7.82 Å². The number of nitrogen functional groups attached to an aromatic ring is 3. The molecule has 11 N–H and O–H groups in total. The van der Waals surface area contributed by atoms with Crippen LogP contribution in [0.4, 0.5) is 17.8 Å². The molecule has 1 heterocycles. The first-order valence-corrected chi connectivity index (χ1v) is 4.56. The maximum absolute atomic E-state index is 8.88. The van der Waals surface area contributed by atoms with E-state index in [0.29, 0.717) is 0 Å². The van der Waals surface area contributed by atoms with Crippen LogP contribution in [0.1, 0.15) is 0 Å². The smallest absolute Gasteiger partial charge is 0.412 e. The molecule has 0 atom stereocenters. The predicted molar refractivity (Wildman–Crippen MR) is 50.9 cm³/mol. The lowest BCUT2D eigenvalue weighted by Crippen LogP contribution is -2.05. The van der Waals surface area contributed by atoms with Crippen molar-refractivity contribution in [1.29, 1.82) is 0 Å². The Morgan fingerprint density at radius 3 is 1.13 bits per heavy atom. The van der Waals surface area contributed by atoms with Crippen LogP contribution < -0.4 is 17.2 Å². The van der Waals surface area contributed by atoms with Gasteiger partial charge in [-0.05, 0) is 0 Å². The van der Waals surface area contributed by atoms with E-state index >= 15 is 0 Å². The molecule has 0 spiro atoms. The number of phosphoric acid groups is 1. The zero-order chi connectivity index (χ0) is 11.4. The summed E-state index contributed by atoms with van der Waals surface area (Å²) in [5.41, 5.74) is 15.4. The summed E-state index contributed by atoms with van der Waals surface area (Å²) in [6.07, 6.45) is 0. The third-order valence-electron chi connectivity index (χ3n) is 0.687. The van der Waals surface area contributed by atoms with Crippen LogP contribution in [-0.4, -0.2) is 35.1 Å². The van der Waals surface area contributed by atoms with Crippen LogP contribution in [0.15, 0.2) is 0 Å². The van der Waals surface area contributed by atoms with E-state index in [9.17, 15) is 0 Å². The molecule has 0 aromatic carbocycles. The number of hydrogen-bond acceptors (Lipinski definition) is 7. The van der Waals surface area contributed by atoms with Gasteiger partial charge in [-0.25, -0.2) is 4.57 Å². The average Bonchev–Trinajstić information content (AvgIpc) is 1.77. The first-order valence-electron chi connectivity index (χ1n) is 2.99. The standard InChI is InChI=1S/C3H6N6.H3O4P.H2O/c4-1-7-2(5)9-3(6)8-1;1-5(2,3)4;/h(H6,4,5,6,7,8,9);(H3,1,2,3,4);1H2. The van der Waals surface area contributed by atoms with Gasteiger partial charge in [-0.2, -0.15) is 15.0 Å². The molecule has 1 aromatic rings. The molecule has 0 aliphatic heterocycles. The van der Waals surface area contributed by atoms with Crippen LogP contribution in [0.5, 0.6) is 0 Å². The fraction of sp³-hybridized carbons (Fsp3) is 0. The van der Waals surface area contributed by atoms with Crippen LogP contribution in [-0.2, 0) is 4.57 Å². The summed E-state index contributed by atoms with van der Waals surface area (Å²) in [4.78, 5) is 32.0. The lowest BCUT2D eigenvalue weighted by atomic mass is 10.9. The Bertz CT molecular complexity index is 294. The van der Waals surface area contributed by atoms with Crippen LogP contribution in [0.25, 0.3) is 0 Å². The van der Waals surface area contributed by atoms with E-state index in [-0.39, 0.29) is 23.3 Å². The maximum Gasteiger partial charge on any atom is 0.466 e. The Hall–Kier alpha value is -1.52. The van der Waals surface area contributed by atoms with Gasteiger partial charge in [-0.15, -0.1) is 0 Å². The molecule has 0 bridgehead atoms. The quantitative estimate of drug-likeness (QED) is 0.250. The second-order valence-electron chi connectivity index (χ2n) is 1.92. The zero-order valence-corrected chi connectivity index (χ0v) is 8.17. The molecule has 0 fully saturated rings. The highest BCUT2D eigenvalue weighted by atomic mass is 31.2. The van der Waals surface area contributed by atoms with Gasteiger partial charge in [0.25, 0.3) is 0 Å². The third kappa shape index (κ3) is 12.5. The Morgan fingerprint density at radius 1 is 0.867 bits per heavy atom. The first-order chi connectivity index (χ1) is 6.18. The first kappa shape index (κ1) is 15.9. The van der Waals surface area contributed by atoms with Crippen LogP contribution in [0.2, 0.25) is 0 Å². The number of anilines is 3. The molecule has 0 aliphatic carbocycles. The maximum atomic E-state index is 8.88. The molecule has 0 saturated heterocycles. The van der Waals surface area contributed by atoms with Gasteiger partial charge in [0.2, 0.25) is 17.8 Å². The van der Waals surface area contributed by atoms with E-state index in [1.807, 2.05) is 0 Å². The van der Waals surface area contributed by atoms with E-state index in [1.54, 1.807) is 0 Å². The molecule has 0 aliphatic rings. The van der Waals surface area contributed by atoms with Crippen LogP contribution in [0.3, 0.4) is 0 Å². The number of hydrogen-bond donors (Lipinski definition) is 6. The molecule has 11 nitrogen and oxygen atoms in total. The van der Waals surface area contributed by atoms with Gasteiger partial charge in [0, 0.05) is 0 Å². The highest BCUT2D eigenvalue weighted by Crippen LogP contribution is 2.25. The minimum atomic E-state index is -4.64. The van der Waals surface area contributed by atoms with Gasteiger partial charge in [0.1, 0.15) is 0 Å². The van der Waals surface area contributed by atoms with Crippen molar-refractivity contribution < 1.29 is 24.7 Å². The molecule has 0 unspecified atom stereocenters. The minimum absolute atomic E-state index is 0. The number of rotatable bonds is 0. The lowest BCUT2D eigenvalue weighted by molar-refractivity contribution is 0.275. The zero-order valence-electron chi connectivity index (χ0n) is 7.27. The Labute approximate surface area is 83.5 Å². The largest absolute Gasteiger partial charge is 0.466 e. The highest BCUT2D eigenvalue weighted by molar-refractivity contribution is 7.45. The molecule has 1 rings (SSSR count). The number of nitrogens with zero attached hydrogens (tertiary/aromatic N) is 3. The molecular formula is C3H11N6O5P. The predicted octanol–water partition coefficient (Wildman–Crippen LogP) is -3.14. The van der Waals surface area contributed by atoms with Crippen molar-refractivity contribution in [2.45, 2.75) is 0 Å². The van der Waals surface area contributed by atoms with Crippen molar-refractivity contribution in [3.63, 3.8) is 0 Å². The van der Waals surface area contributed by atoms with Gasteiger partial charge in [-0.3, -0.25) is 0 Å². The fourth-order valence-corrected chi connectivity index (χ4v) is 0.427. The molecular weight excluding hydrogens is 231 g/mol. The van der Waals surface area contributed by atoms with Crippen molar-refractivity contribution in [2.24, 2.45) is 0 Å². The van der Waals surface area contributed by atoms with Gasteiger partial charge < -0.3 is 37.4 Å². The summed E-state index contributed by atoms with van der Waals surface area (Å²) in [5, 5.41) is 0. The summed E-state index contributed by atoms with van der Waals surface area (Å²) in [7, 11) is -4.64. The van der Waals surface area contributed by atoms with E-state index in [4.69, 9.17) is 36.4 Å². The number of aromatic nitrogens is 3. The van der Waals surface area contributed by atoms with E-state index in [2.05, 4.69) is 15.0 Å². The Kier molecular flexibility index (Phi) is 6.43. The van der Waals surface area contributed by atoms with Crippen molar-refractivity contribution in [1.82, 2.24) is 15.0 Å². The Balaban J connectivity index is 0. The van der Waals surface area contributed by atoms with Crippen LogP contribution in [0, 0.1) is 0 Å². The molecule has 0 amide bonds. The Morgan fingerprint density at radius 2 is 1.00 bits per heavy atom. The van der Waals surface area contributed by atoms with Gasteiger partial charge >= 0.3 is 7.82 Å². The van der Waals surface area contributed by atoms with E-state index in [1.165, 1.54) is 0 Å². The summed E-state index contributed by atoms with van der Waals surface area (Å²) >= 11 is 0. The van der Waals surface area contributed by atoms with Crippen molar-refractivity contribution >= 4 is 25.7 Å². The van der Waals surface area contributed by atoms with E-state index < -0.39 is 7.82 Å². The summed E-state index contributed by atoms with van der Waals surface area (Å²) in [6, 6.07) is 0. The second-order valence-corrected chi connectivity index (χ2v) is 2.95. The average molecular weight is 242 g/mol. The van der Waals surface area contributed by atoms with Crippen molar-refractivity contribution in [3.8, 4) is 0 Å².